The molecular weight excluding hydrogens is 245 g/mol. The van der Waals surface area contributed by atoms with Crippen LogP contribution in [0.3, 0.4) is 0 Å². The molecular formula is C14H22FNOSi. The van der Waals surface area contributed by atoms with E-state index >= 15 is 0 Å². The van der Waals surface area contributed by atoms with Gasteiger partial charge in [-0.2, -0.15) is 0 Å². The molecule has 0 amide bonds. The van der Waals surface area contributed by atoms with Crippen molar-refractivity contribution in [3.63, 3.8) is 0 Å². The van der Waals surface area contributed by atoms with Crippen molar-refractivity contribution in [3.8, 4) is 0 Å². The van der Waals surface area contributed by atoms with Crippen molar-refractivity contribution in [2.24, 2.45) is 0 Å². The predicted molar refractivity (Wildman–Crippen MR) is 75.4 cm³/mol. The minimum atomic E-state index is -1.69. The van der Waals surface area contributed by atoms with Crippen LogP contribution in [0.1, 0.15) is 12.8 Å². The monoisotopic (exact) mass is 267 g/mol. The van der Waals surface area contributed by atoms with Gasteiger partial charge in [0, 0.05) is 6.04 Å². The first kappa shape index (κ1) is 13.7. The maximum atomic E-state index is 12.9. The summed E-state index contributed by atoms with van der Waals surface area (Å²) < 4.78 is 12.9. The highest BCUT2D eigenvalue weighted by Gasteiger charge is 2.31. The lowest BCUT2D eigenvalue weighted by Crippen LogP contribution is -2.48. The van der Waals surface area contributed by atoms with Gasteiger partial charge >= 0.3 is 0 Å². The molecule has 0 saturated carbocycles. The summed E-state index contributed by atoms with van der Waals surface area (Å²) in [5.41, 5.74) is 0. The zero-order valence-electron chi connectivity index (χ0n) is 11.1. The number of hydrogen-bond donors (Lipinski definition) is 2. The molecule has 4 heteroatoms. The van der Waals surface area contributed by atoms with Crippen LogP contribution in [0.2, 0.25) is 19.1 Å². The maximum Gasteiger partial charge on any atom is 0.123 e. The second kappa shape index (κ2) is 5.51. The highest BCUT2D eigenvalue weighted by atomic mass is 28.3. The molecule has 0 radical (unpaired) electrons. The van der Waals surface area contributed by atoms with Crippen molar-refractivity contribution >= 4 is 13.3 Å². The molecule has 0 aromatic heterocycles. The van der Waals surface area contributed by atoms with Gasteiger partial charge in [0.2, 0.25) is 0 Å². The first-order chi connectivity index (χ1) is 8.49. The Hall–Kier alpha value is -0.713. The van der Waals surface area contributed by atoms with Gasteiger partial charge < -0.3 is 10.4 Å². The van der Waals surface area contributed by atoms with Crippen LogP contribution >= 0.6 is 0 Å². The van der Waals surface area contributed by atoms with Crippen LogP contribution in [0.4, 0.5) is 4.39 Å². The summed E-state index contributed by atoms with van der Waals surface area (Å²) in [6, 6.07) is 7.86. The van der Waals surface area contributed by atoms with E-state index in [1.807, 2.05) is 12.1 Å². The normalized spacial score (nSPS) is 22.1. The van der Waals surface area contributed by atoms with E-state index in [0.29, 0.717) is 0 Å². The van der Waals surface area contributed by atoms with Crippen molar-refractivity contribution in [3.05, 3.63) is 30.1 Å². The Bertz CT molecular complexity index is 387. The molecule has 1 aliphatic heterocycles. The van der Waals surface area contributed by atoms with Crippen molar-refractivity contribution in [2.45, 2.75) is 44.1 Å². The van der Waals surface area contributed by atoms with E-state index in [0.717, 1.165) is 25.4 Å². The summed E-state index contributed by atoms with van der Waals surface area (Å²) in [6.45, 7) is 5.48. The fraction of sp³-hybridized carbons (Fsp3) is 0.571. The third kappa shape index (κ3) is 3.19. The molecule has 1 aromatic rings. The molecule has 1 aliphatic rings. The third-order valence-corrected chi connectivity index (χ3v) is 7.24. The van der Waals surface area contributed by atoms with E-state index in [9.17, 15) is 9.50 Å². The smallest absolute Gasteiger partial charge is 0.123 e. The second-order valence-electron chi connectivity index (χ2n) is 5.87. The lowest BCUT2D eigenvalue weighted by Gasteiger charge is -2.28. The quantitative estimate of drug-likeness (QED) is 0.816. The van der Waals surface area contributed by atoms with E-state index in [1.165, 1.54) is 17.3 Å². The molecule has 18 heavy (non-hydrogen) atoms. The van der Waals surface area contributed by atoms with Crippen molar-refractivity contribution < 1.29 is 9.50 Å². The second-order valence-corrected chi connectivity index (χ2v) is 10.6. The van der Waals surface area contributed by atoms with E-state index < -0.39 is 8.07 Å². The molecule has 0 aliphatic carbocycles. The van der Waals surface area contributed by atoms with Crippen molar-refractivity contribution in [1.29, 1.82) is 0 Å². The number of halogens is 1. The van der Waals surface area contributed by atoms with Crippen LogP contribution in [0.5, 0.6) is 0 Å². The largest absolute Gasteiger partial charge is 0.392 e. The number of benzene rings is 1. The summed E-state index contributed by atoms with van der Waals surface area (Å²) in [7, 11) is -1.69. The molecule has 1 saturated heterocycles. The van der Waals surface area contributed by atoms with Gasteiger partial charge in [0.05, 0.1) is 14.2 Å². The number of hydrogen-bond acceptors (Lipinski definition) is 2. The zero-order valence-corrected chi connectivity index (χ0v) is 12.1. The van der Waals surface area contributed by atoms with Gasteiger partial charge in [-0.3, -0.25) is 0 Å². The van der Waals surface area contributed by atoms with Gasteiger partial charge in [-0.05, 0) is 37.6 Å². The number of nitrogens with one attached hydrogen (secondary N) is 1. The molecule has 0 unspecified atom stereocenters. The zero-order chi connectivity index (χ0) is 13.2. The SMILES string of the molecule is C[Si](C)(C[C@@H](O)[C@@H]1CCCN1)c1ccc(F)cc1. The van der Waals surface area contributed by atoms with Gasteiger partial charge in [-0.1, -0.05) is 30.4 Å². The number of aliphatic hydroxyl groups excluding tert-OH is 1. The molecule has 1 fully saturated rings. The van der Waals surface area contributed by atoms with E-state index in [2.05, 4.69) is 18.4 Å². The van der Waals surface area contributed by atoms with Gasteiger partial charge in [0.25, 0.3) is 0 Å². The maximum absolute atomic E-state index is 12.9. The van der Waals surface area contributed by atoms with Crippen LogP contribution in [0.15, 0.2) is 24.3 Å². The molecule has 1 heterocycles. The molecule has 2 rings (SSSR count). The lowest BCUT2D eigenvalue weighted by molar-refractivity contribution is 0.153. The molecule has 2 N–H and O–H groups in total. The Balaban J connectivity index is 2.03. The standard InChI is InChI=1S/C14H22FNOSi/c1-18(2,12-7-5-11(15)6-8-12)10-14(17)13-4-3-9-16-13/h5-8,13-14,16-17H,3-4,9-10H2,1-2H3/t13-,14+/m0/s1. The molecule has 100 valence electrons. The topological polar surface area (TPSA) is 32.3 Å². The third-order valence-electron chi connectivity index (χ3n) is 3.91. The van der Waals surface area contributed by atoms with Crippen LogP contribution in [-0.4, -0.2) is 31.9 Å². The van der Waals surface area contributed by atoms with Gasteiger partial charge in [0.15, 0.2) is 0 Å². The van der Waals surface area contributed by atoms with Crippen LogP contribution in [-0.2, 0) is 0 Å². The Morgan fingerprint density at radius 2 is 2.06 bits per heavy atom. The fourth-order valence-corrected chi connectivity index (χ4v) is 5.36. The molecule has 2 nitrogen and oxygen atoms in total. The van der Waals surface area contributed by atoms with Gasteiger partial charge in [0.1, 0.15) is 5.82 Å². The van der Waals surface area contributed by atoms with Crippen molar-refractivity contribution in [1.82, 2.24) is 5.32 Å². The Morgan fingerprint density at radius 3 is 2.61 bits per heavy atom. The predicted octanol–water partition coefficient (Wildman–Crippen LogP) is 1.85. The van der Waals surface area contributed by atoms with Crippen LogP contribution in [0, 0.1) is 5.82 Å². The highest BCUT2D eigenvalue weighted by molar-refractivity contribution is 6.89. The fourth-order valence-electron chi connectivity index (χ4n) is 2.72. The number of aliphatic hydroxyl groups is 1. The summed E-state index contributed by atoms with van der Waals surface area (Å²) in [5, 5.41) is 14.9. The molecule has 1 aromatic carbocycles. The minimum Gasteiger partial charge on any atom is -0.392 e. The highest BCUT2D eigenvalue weighted by Crippen LogP contribution is 2.19. The Labute approximate surface area is 109 Å². The van der Waals surface area contributed by atoms with Crippen LogP contribution in [0.25, 0.3) is 0 Å². The van der Waals surface area contributed by atoms with E-state index in [-0.39, 0.29) is 18.0 Å². The molecule has 0 bridgehead atoms. The Morgan fingerprint density at radius 1 is 1.39 bits per heavy atom. The molecule has 2 atom stereocenters. The summed E-state index contributed by atoms with van der Waals surface area (Å²) in [5.74, 6) is -0.193. The molecule has 0 spiro atoms. The average Bonchev–Trinajstić information content (AvgIpc) is 2.82. The van der Waals surface area contributed by atoms with Gasteiger partial charge in [-0.15, -0.1) is 0 Å². The Kier molecular flexibility index (Phi) is 4.20. The lowest BCUT2D eigenvalue weighted by atomic mass is 10.1. The first-order valence-electron chi connectivity index (χ1n) is 6.66. The van der Waals surface area contributed by atoms with E-state index in [1.54, 1.807) is 0 Å². The number of rotatable bonds is 4. The van der Waals surface area contributed by atoms with E-state index in [4.69, 9.17) is 0 Å². The van der Waals surface area contributed by atoms with Gasteiger partial charge in [-0.25, -0.2) is 4.39 Å². The minimum absolute atomic E-state index is 0.193. The average molecular weight is 267 g/mol. The summed E-state index contributed by atoms with van der Waals surface area (Å²) in [4.78, 5) is 0. The van der Waals surface area contributed by atoms with Crippen LogP contribution < -0.4 is 10.5 Å². The summed E-state index contributed by atoms with van der Waals surface area (Å²) >= 11 is 0. The van der Waals surface area contributed by atoms with Crippen molar-refractivity contribution in [2.75, 3.05) is 6.54 Å². The summed E-state index contributed by atoms with van der Waals surface area (Å²) in [6.07, 6.45) is 1.94. The first-order valence-corrected chi connectivity index (χ1v) is 9.87.